The summed E-state index contributed by atoms with van der Waals surface area (Å²) in [6.45, 7) is 1.84. The van der Waals surface area contributed by atoms with E-state index in [0.717, 1.165) is 5.56 Å². The van der Waals surface area contributed by atoms with Gasteiger partial charge in [0.1, 0.15) is 12.2 Å². The van der Waals surface area contributed by atoms with E-state index in [2.05, 4.69) is 15.5 Å². The maximum absolute atomic E-state index is 5.46. The first kappa shape index (κ1) is 8.00. The van der Waals surface area contributed by atoms with Gasteiger partial charge in [-0.25, -0.2) is 14.8 Å². The highest BCUT2D eigenvalue weighted by Gasteiger charge is 2.30. The van der Waals surface area contributed by atoms with E-state index in [-0.39, 0.29) is 0 Å². The number of nitrogens with one attached hydrogen (secondary N) is 1. The monoisotopic (exact) mass is 178 g/mol. The van der Waals surface area contributed by atoms with Gasteiger partial charge in [0.2, 0.25) is 5.72 Å². The molecule has 1 aliphatic rings. The number of hydrogen-bond acceptors (Lipinski definition) is 5. The summed E-state index contributed by atoms with van der Waals surface area (Å²) in [6, 6.07) is 3.56. The molecule has 1 unspecified atom stereocenters. The predicted octanol–water partition coefficient (Wildman–Crippen LogP) is 0.400. The molecular formula is C8H10N4O. The van der Waals surface area contributed by atoms with E-state index in [1.807, 2.05) is 13.0 Å². The van der Waals surface area contributed by atoms with Gasteiger partial charge in [0.25, 0.3) is 0 Å². The van der Waals surface area contributed by atoms with Crippen LogP contribution in [0.3, 0.4) is 0 Å². The zero-order chi connectivity index (χ0) is 9.31. The van der Waals surface area contributed by atoms with Crippen LogP contribution in [-0.4, -0.2) is 11.3 Å². The van der Waals surface area contributed by atoms with Crippen LogP contribution in [0.5, 0.6) is 0 Å². The molecule has 1 aromatic heterocycles. The largest absolute Gasteiger partial charge is 0.384 e. The summed E-state index contributed by atoms with van der Waals surface area (Å²) < 4.78 is 0. The van der Waals surface area contributed by atoms with Crippen molar-refractivity contribution < 1.29 is 4.84 Å². The van der Waals surface area contributed by atoms with E-state index in [0.29, 0.717) is 5.82 Å². The maximum Gasteiger partial charge on any atom is 0.210 e. The zero-order valence-corrected chi connectivity index (χ0v) is 7.19. The van der Waals surface area contributed by atoms with Gasteiger partial charge < -0.3 is 5.73 Å². The van der Waals surface area contributed by atoms with Gasteiger partial charge in [0.15, 0.2) is 0 Å². The molecule has 68 valence electrons. The molecule has 13 heavy (non-hydrogen) atoms. The summed E-state index contributed by atoms with van der Waals surface area (Å²) >= 11 is 0. The molecule has 0 fully saturated rings. The molecular weight excluding hydrogens is 168 g/mol. The minimum atomic E-state index is -0.680. The Labute approximate surface area is 75.6 Å². The molecule has 0 amide bonds. The van der Waals surface area contributed by atoms with Gasteiger partial charge in [-0.2, -0.15) is 0 Å². The zero-order valence-electron chi connectivity index (χ0n) is 7.19. The summed E-state index contributed by atoms with van der Waals surface area (Å²) in [5.74, 6) is 0.488. The molecule has 0 bridgehead atoms. The van der Waals surface area contributed by atoms with Gasteiger partial charge in [0, 0.05) is 11.8 Å². The van der Waals surface area contributed by atoms with E-state index >= 15 is 0 Å². The SMILES string of the molecule is CC1(c2ccc(N)nc2)N=CNO1. The average Bonchev–Trinajstić information content (AvgIpc) is 2.54. The first-order valence-corrected chi connectivity index (χ1v) is 3.90. The van der Waals surface area contributed by atoms with Gasteiger partial charge >= 0.3 is 0 Å². The van der Waals surface area contributed by atoms with Crippen LogP contribution in [0.2, 0.25) is 0 Å². The first-order valence-electron chi connectivity index (χ1n) is 3.90. The Bertz CT molecular complexity index is 335. The van der Waals surface area contributed by atoms with E-state index in [9.17, 15) is 0 Å². The number of aromatic nitrogens is 1. The first-order chi connectivity index (χ1) is 6.21. The standard InChI is InChI=1S/C8H10N4O/c1-8(11-5-12-13-8)6-2-3-7(9)10-4-6/h2-5H,1H3,(H2,9,10)(H,11,12). The van der Waals surface area contributed by atoms with Crippen LogP contribution in [0.1, 0.15) is 12.5 Å². The lowest BCUT2D eigenvalue weighted by Crippen LogP contribution is -2.23. The van der Waals surface area contributed by atoms with E-state index < -0.39 is 5.72 Å². The molecule has 0 aliphatic carbocycles. The molecule has 0 saturated carbocycles. The molecule has 1 aliphatic heterocycles. The van der Waals surface area contributed by atoms with Crippen molar-refractivity contribution in [2.45, 2.75) is 12.6 Å². The second-order valence-electron chi connectivity index (χ2n) is 2.93. The molecule has 5 heteroatoms. The highest BCUT2D eigenvalue weighted by Crippen LogP contribution is 2.27. The second-order valence-corrected chi connectivity index (χ2v) is 2.93. The molecule has 1 aromatic rings. The van der Waals surface area contributed by atoms with Gasteiger partial charge in [-0.05, 0) is 19.1 Å². The van der Waals surface area contributed by atoms with Crippen LogP contribution in [0.4, 0.5) is 5.82 Å². The molecule has 1 atom stereocenters. The van der Waals surface area contributed by atoms with Crippen molar-refractivity contribution in [3.05, 3.63) is 23.9 Å². The third-order valence-electron chi connectivity index (χ3n) is 1.94. The summed E-state index contributed by atoms with van der Waals surface area (Å²) in [5.41, 5.74) is 8.22. The maximum atomic E-state index is 5.46. The van der Waals surface area contributed by atoms with Crippen molar-refractivity contribution >= 4 is 12.2 Å². The van der Waals surface area contributed by atoms with Gasteiger partial charge in [-0.3, -0.25) is 5.48 Å². The number of hydrogen-bond donors (Lipinski definition) is 2. The Hall–Kier alpha value is -1.62. The molecule has 0 aromatic carbocycles. The molecule has 5 nitrogen and oxygen atoms in total. The van der Waals surface area contributed by atoms with Crippen molar-refractivity contribution in [2.75, 3.05) is 5.73 Å². The molecule has 0 radical (unpaired) electrons. The third kappa shape index (κ3) is 1.33. The number of aliphatic imine (C=N–C) groups is 1. The van der Waals surface area contributed by atoms with Crippen LogP contribution < -0.4 is 11.2 Å². The quantitative estimate of drug-likeness (QED) is 0.652. The Morgan fingerprint density at radius 1 is 1.54 bits per heavy atom. The summed E-state index contributed by atoms with van der Waals surface area (Å²) in [7, 11) is 0. The molecule has 0 spiro atoms. The fourth-order valence-corrected chi connectivity index (χ4v) is 1.13. The highest BCUT2D eigenvalue weighted by molar-refractivity contribution is 5.55. The Morgan fingerprint density at radius 2 is 2.38 bits per heavy atom. The van der Waals surface area contributed by atoms with Crippen LogP contribution in [-0.2, 0) is 10.6 Å². The number of nitrogen functional groups attached to an aromatic ring is 1. The van der Waals surface area contributed by atoms with Crippen LogP contribution in [0.15, 0.2) is 23.3 Å². The number of nitrogens with two attached hydrogens (primary N) is 1. The van der Waals surface area contributed by atoms with Crippen molar-refractivity contribution in [3.8, 4) is 0 Å². The van der Waals surface area contributed by atoms with Gasteiger partial charge in [-0.1, -0.05) is 0 Å². The summed E-state index contributed by atoms with van der Waals surface area (Å²) in [6.07, 6.45) is 3.16. The fourth-order valence-electron chi connectivity index (χ4n) is 1.13. The van der Waals surface area contributed by atoms with Crippen molar-refractivity contribution in [3.63, 3.8) is 0 Å². The number of anilines is 1. The third-order valence-corrected chi connectivity index (χ3v) is 1.94. The topological polar surface area (TPSA) is 72.5 Å². The van der Waals surface area contributed by atoms with Crippen LogP contribution >= 0.6 is 0 Å². The molecule has 0 saturated heterocycles. The summed E-state index contributed by atoms with van der Waals surface area (Å²) in [4.78, 5) is 13.3. The Balaban J connectivity index is 2.35. The number of rotatable bonds is 1. The minimum absolute atomic E-state index is 0.488. The molecule has 3 N–H and O–H groups in total. The molecule has 2 heterocycles. The smallest absolute Gasteiger partial charge is 0.210 e. The van der Waals surface area contributed by atoms with Crippen LogP contribution in [0.25, 0.3) is 0 Å². The van der Waals surface area contributed by atoms with E-state index in [1.165, 1.54) is 6.34 Å². The lowest BCUT2D eigenvalue weighted by Gasteiger charge is -2.18. The lowest BCUT2D eigenvalue weighted by atomic mass is 10.1. The number of pyridine rings is 1. The average molecular weight is 178 g/mol. The number of nitrogens with zero attached hydrogens (tertiary/aromatic N) is 2. The summed E-state index contributed by atoms with van der Waals surface area (Å²) in [5, 5.41) is 0. The normalized spacial score (nSPS) is 25.9. The Morgan fingerprint density at radius 3 is 2.92 bits per heavy atom. The lowest BCUT2D eigenvalue weighted by molar-refractivity contribution is -0.0448. The van der Waals surface area contributed by atoms with Gasteiger partial charge in [-0.15, -0.1) is 0 Å². The van der Waals surface area contributed by atoms with Crippen molar-refractivity contribution in [1.29, 1.82) is 0 Å². The van der Waals surface area contributed by atoms with Gasteiger partial charge in [0.05, 0.1) is 0 Å². The van der Waals surface area contributed by atoms with E-state index in [1.54, 1.807) is 12.3 Å². The number of hydroxylamine groups is 1. The highest BCUT2D eigenvalue weighted by atomic mass is 16.7. The molecule has 2 rings (SSSR count). The van der Waals surface area contributed by atoms with Crippen LogP contribution in [0, 0.1) is 0 Å². The fraction of sp³-hybridized carbons (Fsp3) is 0.250. The second kappa shape index (κ2) is 2.70. The van der Waals surface area contributed by atoms with E-state index in [4.69, 9.17) is 10.6 Å². The Kier molecular flexibility index (Phi) is 1.66. The predicted molar refractivity (Wildman–Crippen MR) is 48.7 cm³/mol. The minimum Gasteiger partial charge on any atom is -0.384 e. The van der Waals surface area contributed by atoms with Crippen molar-refractivity contribution in [1.82, 2.24) is 10.5 Å². The van der Waals surface area contributed by atoms with Crippen molar-refractivity contribution in [2.24, 2.45) is 4.99 Å².